The highest BCUT2D eigenvalue weighted by molar-refractivity contribution is 7.09. The number of amides is 2. The molecule has 2 amide bonds. The van der Waals surface area contributed by atoms with E-state index in [0.29, 0.717) is 48.9 Å². The molecule has 4 bridgehead atoms. The van der Waals surface area contributed by atoms with Crippen LogP contribution in [0.15, 0.2) is 35.7 Å². The van der Waals surface area contributed by atoms with Crippen LogP contribution >= 0.6 is 11.3 Å². The summed E-state index contributed by atoms with van der Waals surface area (Å²) in [5.41, 5.74) is 0.742. The molecule has 0 atom stereocenters. The highest BCUT2D eigenvalue weighted by atomic mass is 32.1. The van der Waals surface area contributed by atoms with Crippen LogP contribution < -0.4 is 14.8 Å². The van der Waals surface area contributed by atoms with Crippen LogP contribution in [0.5, 0.6) is 11.5 Å². The molecule has 0 unspecified atom stereocenters. The van der Waals surface area contributed by atoms with E-state index >= 15 is 0 Å². The van der Waals surface area contributed by atoms with Gasteiger partial charge in [-0.3, -0.25) is 9.59 Å². The van der Waals surface area contributed by atoms with Gasteiger partial charge in [0.2, 0.25) is 11.8 Å². The monoisotopic (exact) mass is 496 g/mol. The van der Waals surface area contributed by atoms with Crippen LogP contribution in [0.2, 0.25) is 0 Å². The second-order valence-electron chi connectivity index (χ2n) is 10.6. The minimum Gasteiger partial charge on any atom is -0.493 e. The number of ether oxygens (including phenoxy) is 2. The fourth-order valence-corrected chi connectivity index (χ4v) is 7.53. The first-order valence-corrected chi connectivity index (χ1v) is 13.7. The fourth-order valence-electron chi connectivity index (χ4n) is 6.91. The molecule has 7 heteroatoms. The molecule has 0 aliphatic heterocycles. The highest BCUT2D eigenvalue weighted by Crippen LogP contribution is 2.60. The van der Waals surface area contributed by atoms with Crippen molar-refractivity contribution in [3.05, 3.63) is 46.2 Å². The molecule has 0 radical (unpaired) electrons. The zero-order valence-electron chi connectivity index (χ0n) is 20.8. The predicted octanol–water partition coefficient (Wildman–Crippen LogP) is 5.02. The average molecular weight is 497 g/mol. The van der Waals surface area contributed by atoms with E-state index in [1.807, 2.05) is 42.6 Å². The summed E-state index contributed by atoms with van der Waals surface area (Å²) in [6, 6.07) is 9.84. The molecule has 35 heavy (non-hydrogen) atoms. The lowest BCUT2D eigenvalue weighted by atomic mass is 9.49. The van der Waals surface area contributed by atoms with E-state index in [2.05, 4.69) is 5.32 Å². The number of hydrogen-bond acceptors (Lipinski definition) is 5. The molecule has 1 N–H and O–H groups in total. The minimum absolute atomic E-state index is 0.0532. The van der Waals surface area contributed by atoms with Crippen LogP contribution in [0.4, 0.5) is 0 Å². The van der Waals surface area contributed by atoms with Gasteiger partial charge in [-0.05, 0) is 92.3 Å². The maximum absolute atomic E-state index is 13.2. The Hall–Kier alpha value is -2.54. The second kappa shape index (κ2) is 10.2. The number of hydrogen-bond donors (Lipinski definition) is 1. The highest BCUT2D eigenvalue weighted by Gasteiger charge is 2.54. The van der Waals surface area contributed by atoms with Crippen LogP contribution in [0.25, 0.3) is 0 Å². The lowest BCUT2D eigenvalue weighted by molar-refractivity contribution is -0.148. The molecular formula is C28H36N2O4S. The first-order valence-electron chi connectivity index (χ1n) is 12.9. The molecule has 4 fully saturated rings. The van der Waals surface area contributed by atoms with Crippen molar-refractivity contribution in [1.82, 2.24) is 10.2 Å². The fraction of sp³-hybridized carbons (Fsp3) is 0.571. The van der Waals surface area contributed by atoms with Crippen LogP contribution in [0, 0.1) is 23.2 Å². The Kier molecular flexibility index (Phi) is 7.05. The standard InChI is InChI=1S/C28H36N2O4S/c1-3-30(17-19-6-7-24(25(12-19)33-2)34-18-23-5-4-8-35-23)26(31)16-29-27(32)28-13-20-9-21(14-28)11-22(10-20)15-28/h4-8,12,20-22H,3,9-11,13-18H2,1-2H3,(H,29,32). The predicted molar refractivity (Wildman–Crippen MR) is 136 cm³/mol. The second-order valence-corrected chi connectivity index (χ2v) is 11.7. The van der Waals surface area contributed by atoms with Gasteiger partial charge in [0.25, 0.3) is 0 Å². The zero-order valence-corrected chi connectivity index (χ0v) is 21.6. The molecule has 1 aromatic carbocycles. The van der Waals surface area contributed by atoms with Gasteiger partial charge in [-0.15, -0.1) is 11.3 Å². The lowest BCUT2D eigenvalue weighted by Gasteiger charge is -2.55. The summed E-state index contributed by atoms with van der Waals surface area (Å²) in [7, 11) is 1.62. The summed E-state index contributed by atoms with van der Waals surface area (Å²) < 4.78 is 11.5. The number of methoxy groups -OCH3 is 1. The van der Waals surface area contributed by atoms with Crippen molar-refractivity contribution in [3.63, 3.8) is 0 Å². The van der Waals surface area contributed by atoms with Gasteiger partial charge in [0.1, 0.15) is 6.61 Å². The van der Waals surface area contributed by atoms with Gasteiger partial charge in [-0.25, -0.2) is 0 Å². The maximum atomic E-state index is 13.2. The smallest absolute Gasteiger partial charge is 0.242 e. The van der Waals surface area contributed by atoms with Crippen molar-refractivity contribution in [3.8, 4) is 11.5 Å². The van der Waals surface area contributed by atoms with Crippen LogP contribution in [0.3, 0.4) is 0 Å². The first kappa shape index (κ1) is 24.2. The molecule has 4 saturated carbocycles. The third kappa shape index (κ3) is 5.20. The molecule has 6 rings (SSSR count). The van der Waals surface area contributed by atoms with Gasteiger partial charge >= 0.3 is 0 Å². The molecule has 0 spiro atoms. The third-order valence-electron chi connectivity index (χ3n) is 8.21. The topological polar surface area (TPSA) is 67.9 Å². The van der Waals surface area contributed by atoms with E-state index in [-0.39, 0.29) is 23.8 Å². The minimum atomic E-state index is -0.224. The van der Waals surface area contributed by atoms with Crippen molar-refractivity contribution in [2.75, 3.05) is 20.2 Å². The van der Waals surface area contributed by atoms with E-state index < -0.39 is 0 Å². The van der Waals surface area contributed by atoms with Crippen LogP contribution in [0.1, 0.15) is 55.9 Å². The van der Waals surface area contributed by atoms with Gasteiger partial charge < -0.3 is 19.7 Å². The van der Waals surface area contributed by atoms with E-state index in [1.165, 1.54) is 19.3 Å². The van der Waals surface area contributed by atoms with Gasteiger partial charge in [-0.2, -0.15) is 0 Å². The Labute approximate surface area is 212 Å². The number of nitrogens with zero attached hydrogens (tertiary/aromatic N) is 1. The van der Waals surface area contributed by atoms with Crippen molar-refractivity contribution < 1.29 is 19.1 Å². The van der Waals surface area contributed by atoms with Gasteiger partial charge in [0.15, 0.2) is 11.5 Å². The summed E-state index contributed by atoms with van der Waals surface area (Å²) in [5, 5.41) is 5.06. The Morgan fingerprint density at radius 3 is 2.40 bits per heavy atom. The number of benzene rings is 1. The number of carbonyl (C=O) groups is 2. The van der Waals surface area contributed by atoms with Crippen molar-refractivity contribution in [2.45, 2.75) is 58.6 Å². The average Bonchev–Trinajstić information content (AvgIpc) is 3.37. The zero-order chi connectivity index (χ0) is 24.4. The summed E-state index contributed by atoms with van der Waals surface area (Å²) in [5.74, 6) is 3.52. The van der Waals surface area contributed by atoms with Crippen LogP contribution in [-0.2, 0) is 22.7 Å². The number of carbonyl (C=O) groups excluding carboxylic acids is 2. The molecule has 4 aliphatic carbocycles. The van der Waals surface area contributed by atoms with E-state index in [0.717, 1.165) is 29.7 Å². The molecule has 2 aromatic rings. The normalized spacial score (nSPS) is 26.4. The Bertz CT molecular complexity index is 1020. The van der Waals surface area contributed by atoms with E-state index in [4.69, 9.17) is 9.47 Å². The quantitative estimate of drug-likeness (QED) is 0.502. The molecule has 1 heterocycles. The van der Waals surface area contributed by atoms with E-state index in [1.54, 1.807) is 23.3 Å². The van der Waals surface area contributed by atoms with Crippen molar-refractivity contribution in [2.24, 2.45) is 23.2 Å². The number of nitrogens with one attached hydrogen (secondary N) is 1. The van der Waals surface area contributed by atoms with Gasteiger partial charge in [0, 0.05) is 23.4 Å². The molecule has 188 valence electrons. The summed E-state index contributed by atoms with van der Waals surface area (Å²) in [6.07, 6.45) is 6.94. The SMILES string of the molecule is CCN(Cc1ccc(OCc2cccs2)c(OC)c1)C(=O)CNC(=O)C12CC3CC(CC(C3)C1)C2. The third-order valence-corrected chi connectivity index (χ3v) is 9.06. The Morgan fingerprint density at radius 2 is 1.80 bits per heavy atom. The van der Waals surface area contributed by atoms with Crippen molar-refractivity contribution in [1.29, 1.82) is 0 Å². The number of thiophene rings is 1. The Morgan fingerprint density at radius 1 is 1.09 bits per heavy atom. The summed E-state index contributed by atoms with van der Waals surface area (Å²) in [4.78, 5) is 29.2. The van der Waals surface area contributed by atoms with Gasteiger partial charge in [-0.1, -0.05) is 12.1 Å². The van der Waals surface area contributed by atoms with E-state index in [9.17, 15) is 9.59 Å². The lowest BCUT2D eigenvalue weighted by Crippen LogP contribution is -2.54. The number of rotatable bonds is 10. The maximum Gasteiger partial charge on any atom is 0.242 e. The molecule has 1 aromatic heterocycles. The number of likely N-dealkylation sites (N-methyl/N-ethyl adjacent to an activating group) is 1. The molecule has 6 nitrogen and oxygen atoms in total. The summed E-state index contributed by atoms with van der Waals surface area (Å²) in [6.45, 7) is 3.56. The first-order chi connectivity index (χ1) is 17.0. The summed E-state index contributed by atoms with van der Waals surface area (Å²) >= 11 is 1.66. The Balaban J connectivity index is 1.17. The van der Waals surface area contributed by atoms with Crippen LogP contribution in [-0.4, -0.2) is 36.9 Å². The molecule has 4 aliphatic rings. The molecule has 0 saturated heterocycles. The van der Waals surface area contributed by atoms with Gasteiger partial charge in [0.05, 0.1) is 13.7 Å². The molecular weight excluding hydrogens is 460 g/mol. The largest absolute Gasteiger partial charge is 0.493 e. The van der Waals surface area contributed by atoms with Crippen molar-refractivity contribution >= 4 is 23.2 Å².